The number of hydrogen-bond acceptors (Lipinski definition) is 3. The second-order valence-electron chi connectivity index (χ2n) is 8.94. The normalized spacial score (nSPS) is 30.8. The fourth-order valence-corrected chi connectivity index (χ4v) is 6.15. The van der Waals surface area contributed by atoms with Crippen LogP contribution in [-0.2, 0) is 16.0 Å². The topological polar surface area (TPSA) is 67.4 Å². The largest absolute Gasteiger partial charge is 0.483 e. The standard InChI is InChI=1S/C22H30N2O3/c1-2-18-5-3-4-6-19(18)27-14-21(26)24-23-20(25)13-22-10-15-7-16(11-22)9-17(8-15)12-22/h3-6,15-17H,2,7-14H2,1H3,(H,23,25)(H,24,26). The van der Waals surface area contributed by atoms with Crippen molar-refractivity contribution in [2.45, 2.75) is 58.3 Å². The molecule has 0 aromatic heterocycles. The van der Waals surface area contributed by atoms with Crippen molar-refractivity contribution in [3.8, 4) is 5.75 Å². The molecule has 5 heteroatoms. The van der Waals surface area contributed by atoms with Crippen molar-refractivity contribution < 1.29 is 14.3 Å². The first-order valence-corrected chi connectivity index (χ1v) is 10.3. The Bertz CT molecular complexity index is 680. The van der Waals surface area contributed by atoms with Gasteiger partial charge in [0.2, 0.25) is 5.91 Å². The summed E-state index contributed by atoms with van der Waals surface area (Å²) in [6.45, 7) is 1.95. The number of amides is 2. The second kappa shape index (κ2) is 7.53. The molecule has 5 nitrogen and oxygen atoms in total. The smallest absolute Gasteiger partial charge is 0.276 e. The van der Waals surface area contributed by atoms with Crippen molar-refractivity contribution in [3.63, 3.8) is 0 Å². The Balaban J connectivity index is 1.23. The lowest BCUT2D eigenvalue weighted by molar-refractivity contribution is -0.134. The van der Waals surface area contributed by atoms with Gasteiger partial charge in [0, 0.05) is 6.42 Å². The average Bonchev–Trinajstić information content (AvgIpc) is 2.63. The fraction of sp³-hybridized carbons (Fsp3) is 0.636. The highest BCUT2D eigenvalue weighted by atomic mass is 16.5. The van der Waals surface area contributed by atoms with Crippen LogP contribution in [0.3, 0.4) is 0 Å². The van der Waals surface area contributed by atoms with Crippen LogP contribution < -0.4 is 15.6 Å². The number of benzene rings is 1. The van der Waals surface area contributed by atoms with E-state index in [0.717, 1.165) is 35.5 Å². The van der Waals surface area contributed by atoms with Gasteiger partial charge in [-0.1, -0.05) is 25.1 Å². The van der Waals surface area contributed by atoms with Crippen LogP contribution in [0.5, 0.6) is 5.75 Å². The summed E-state index contributed by atoms with van der Waals surface area (Å²) in [5, 5.41) is 0. The number of carbonyl (C=O) groups is 2. The summed E-state index contributed by atoms with van der Waals surface area (Å²) in [7, 11) is 0. The van der Waals surface area contributed by atoms with Gasteiger partial charge in [-0.15, -0.1) is 0 Å². The monoisotopic (exact) mass is 370 g/mol. The van der Waals surface area contributed by atoms with E-state index in [1.807, 2.05) is 31.2 Å². The molecule has 0 spiro atoms. The molecular weight excluding hydrogens is 340 g/mol. The molecule has 146 valence electrons. The van der Waals surface area contributed by atoms with Crippen molar-refractivity contribution in [1.29, 1.82) is 0 Å². The van der Waals surface area contributed by atoms with Gasteiger partial charge in [0.25, 0.3) is 5.91 Å². The van der Waals surface area contributed by atoms with E-state index in [1.54, 1.807) is 0 Å². The molecule has 0 aliphatic heterocycles. The molecular formula is C22H30N2O3. The van der Waals surface area contributed by atoms with Gasteiger partial charge in [-0.25, -0.2) is 0 Å². The van der Waals surface area contributed by atoms with Crippen LogP contribution in [0.25, 0.3) is 0 Å². The molecule has 1 aromatic rings. The summed E-state index contributed by atoms with van der Waals surface area (Å²) < 4.78 is 5.59. The Morgan fingerprint density at radius 1 is 1.00 bits per heavy atom. The molecule has 4 fully saturated rings. The lowest BCUT2D eigenvalue weighted by atomic mass is 9.49. The number of carbonyl (C=O) groups excluding carboxylic acids is 2. The van der Waals surface area contributed by atoms with Crippen molar-refractivity contribution in [1.82, 2.24) is 10.9 Å². The zero-order chi connectivity index (χ0) is 18.9. The molecule has 4 aliphatic rings. The highest BCUT2D eigenvalue weighted by molar-refractivity contribution is 5.83. The minimum atomic E-state index is -0.334. The number of rotatable bonds is 6. The molecule has 27 heavy (non-hydrogen) atoms. The lowest BCUT2D eigenvalue weighted by Gasteiger charge is -2.56. The van der Waals surface area contributed by atoms with Gasteiger partial charge >= 0.3 is 0 Å². The van der Waals surface area contributed by atoms with E-state index in [2.05, 4.69) is 10.9 Å². The molecule has 0 radical (unpaired) electrons. The number of nitrogens with one attached hydrogen (secondary N) is 2. The zero-order valence-electron chi connectivity index (χ0n) is 16.1. The molecule has 0 unspecified atom stereocenters. The maximum atomic E-state index is 12.4. The fourth-order valence-electron chi connectivity index (χ4n) is 6.15. The number of hydrazine groups is 1. The van der Waals surface area contributed by atoms with Gasteiger partial charge in [0.1, 0.15) is 5.75 Å². The van der Waals surface area contributed by atoms with E-state index in [1.165, 1.54) is 38.5 Å². The summed E-state index contributed by atoms with van der Waals surface area (Å²) in [6, 6.07) is 7.69. The van der Waals surface area contributed by atoms with Gasteiger partial charge < -0.3 is 4.74 Å². The van der Waals surface area contributed by atoms with Crippen molar-refractivity contribution in [2.75, 3.05) is 6.61 Å². The van der Waals surface area contributed by atoms with Crippen LogP contribution in [0, 0.1) is 23.2 Å². The second-order valence-corrected chi connectivity index (χ2v) is 8.94. The molecule has 4 aliphatic carbocycles. The predicted molar refractivity (Wildman–Crippen MR) is 103 cm³/mol. The van der Waals surface area contributed by atoms with Gasteiger partial charge in [-0.05, 0) is 79.7 Å². The van der Waals surface area contributed by atoms with Gasteiger partial charge in [-0.3, -0.25) is 20.4 Å². The third-order valence-electron chi connectivity index (χ3n) is 6.75. The van der Waals surface area contributed by atoms with Gasteiger partial charge in [-0.2, -0.15) is 0 Å². The number of para-hydroxylation sites is 1. The molecule has 2 amide bonds. The highest BCUT2D eigenvalue weighted by Gasteiger charge is 2.51. The molecule has 1 aromatic carbocycles. The SMILES string of the molecule is CCc1ccccc1OCC(=O)NNC(=O)CC12CC3CC(CC(C3)C1)C2. The molecule has 0 heterocycles. The zero-order valence-corrected chi connectivity index (χ0v) is 16.1. The van der Waals surface area contributed by atoms with Crippen LogP contribution in [0.15, 0.2) is 24.3 Å². The van der Waals surface area contributed by atoms with E-state index in [-0.39, 0.29) is 23.8 Å². The number of hydrogen-bond donors (Lipinski definition) is 2. The van der Waals surface area contributed by atoms with Crippen LogP contribution in [0.4, 0.5) is 0 Å². The summed E-state index contributed by atoms with van der Waals surface area (Å²) in [5.41, 5.74) is 6.36. The first-order chi connectivity index (χ1) is 13.0. The summed E-state index contributed by atoms with van der Waals surface area (Å²) in [5.74, 6) is 2.79. The third-order valence-corrected chi connectivity index (χ3v) is 6.75. The Morgan fingerprint density at radius 3 is 2.22 bits per heavy atom. The van der Waals surface area contributed by atoms with E-state index < -0.39 is 0 Å². The lowest BCUT2D eigenvalue weighted by Crippen LogP contribution is -2.50. The summed E-state index contributed by atoms with van der Waals surface area (Å²) in [4.78, 5) is 24.5. The van der Waals surface area contributed by atoms with E-state index in [4.69, 9.17) is 4.74 Å². The Kier molecular flexibility index (Phi) is 5.11. The molecule has 0 atom stereocenters. The molecule has 4 bridgehead atoms. The number of ether oxygens (including phenoxy) is 1. The minimum Gasteiger partial charge on any atom is -0.483 e. The Hall–Kier alpha value is -2.04. The first-order valence-electron chi connectivity index (χ1n) is 10.3. The van der Waals surface area contributed by atoms with E-state index in [0.29, 0.717) is 6.42 Å². The maximum Gasteiger partial charge on any atom is 0.276 e. The van der Waals surface area contributed by atoms with Crippen molar-refractivity contribution in [3.05, 3.63) is 29.8 Å². The summed E-state index contributed by atoms with van der Waals surface area (Å²) in [6.07, 6.45) is 9.07. The first kappa shape index (κ1) is 18.3. The summed E-state index contributed by atoms with van der Waals surface area (Å²) >= 11 is 0. The highest BCUT2D eigenvalue weighted by Crippen LogP contribution is 2.61. The Morgan fingerprint density at radius 2 is 1.59 bits per heavy atom. The van der Waals surface area contributed by atoms with E-state index >= 15 is 0 Å². The Labute approximate surface area is 161 Å². The minimum absolute atomic E-state index is 0.0701. The van der Waals surface area contributed by atoms with Crippen LogP contribution >= 0.6 is 0 Å². The van der Waals surface area contributed by atoms with Crippen molar-refractivity contribution in [2.24, 2.45) is 23.2 Å². The quantitative estimate of drug-likeness (QED) is 0.755. The van der Waals surface area contributed by atoms with Crippen LogP contribution in [0.1, 0.15) is 57.4 Å². The third kappa shape index (κ3) is 4.12. The van der Waals surface area contributed by atoms with E-state index in [9.17, 15) is 9.59 Å². The molecule has 4 saturated carbocycles. The van der Waals surface area contributed by atoms with Gasteiger partial charge in [0.15, 0.2) is 6.61 Å². The maximum absolute atomic E-state index is 12.4. The molecule has 0 saturated heterocycles. The average molecular weight is 370 g/mol. The van der Waals surface area contributed by atoms with Crippen LogP contribution in [0.2, 0.25) is 0 Å². The molecule has 2 N–H and O–H groups in total. The van der Waals surface area contributed by atoms with Crippen LogP contribution in [-0.4, -0.2) is 18.4 Å². The van der Waals surface area contributed by atoms with Crippen molar-refractivity contribution >= 4 is 11.8 Å². The molecule has 5 rings (SSSR count). The van der Waals surface area contributed by atoms with Gasteiger partial charge in [0.05, 0.1) is 0 Å². The number of aryl methyl sites for hydroxylation is 1. The predicted octanol–water partition coefficient (Wildman–Crippen LogP) is 3.38.